The minimum atomic E-state index is -4.85. The van der Waals surface area contributed by atoms with E-state index in [9.17, 15) is 22.8 Å². The molecule has 15 heteroatoms. The van der Waals surface area contributed by atoms with Gasteiger partial charge in [0.1, 0.15) is 11.4 Å². The molecule has 0 unspecified atom stereocenters. The molecule has 1 fully saturated rings. The predicted octanol–water partition coefficient (Wildman–Crippen LogP) is 1.35. The molecular weight excluding hydrogens is 449 g/mol. The van der Waals surface area contributed by atoms with Crippen molar-refractivity contribution >= 4 is 41.2 Å². The molecule has 33 heavy (non-hydrogen) atoms. The van der Waals surface area contributed by atoms with Crippen molar-refractivity contribution < 1.29 is 32.6 Å². The summed E-state index contributed by atoms with van der Waals surface area (Å²) in [5, 5.41) is 23.3. The lowest BCUT2D eigenvalue weighted by atomic mass is 10.2. The average Bonchev–Trinajstić information content (AvgIpc) is 3.27. The van der Waals surface area contributed by atoms with E-state index in [1.54, 1.807) is 0 Å². The number of urea groups is 1. The van der Waals surface area contributed by atoms with E-state index in [1.807, 2.05) is 0 Å². The summed E-state index contributed by atoms with van der Waals surface area (Å²) >= 11 is 0. The Morgan fingerprint density at radius 2 is 2.03 bits per heavy atom. The number of ether oxygens (including phenoxy) is 1. The Bertz CT molecular complexity index is 1260. The predicted molar refractivity (Wildman–Crippen MR) is 107 cm³/mol. The molecule has 5 N–H and O–H groups in total. The van der Waals surface area contributed by atoms with Crippen molar-refractivity contribution in [3.8, 4) is 5.75 Å². The van der Waals surface area contributed by atoms with Crippen LogP contribution in [0.1, 0.15) is 5.56 Å². The van der Waals surface area contributed by atoms with Crippen LogP contribution in [0.25, 0.3) is 11.7 Å². The fraction of sp³-hybridized carbons (Fsp3) is 0.167. The minimum absolute atomic E-state index is 0.0212. The van der Waals surface area contributed by atoms with Crippen molar-refractivity contribution in [2.45, 2.75) is 6.36 Å². The molecule has 0 spiro atoms. The third kappa shape index (κ3) is 5.09. The number of carbonyl (C=O) groups is 2. The number of rotatable bonds is 7. The highest BCUT2D eigenvalue weighted by atomic mass is 19.4. The zero-order valence-corrected chi connectivity index (χ0v) is 16.5. The van der Waals surface area contributed by atoms with Crippen LogP contribution in [0.4, 0.5) is 35.5 Å². The number of hydrogen-bond acceptors (Lipinski definition) is 9. The SMILES string of the molecule is O=C1NC(=O)/C(=C/c2cnn3c(NCCO)nc(Nc4cccc(OC(F)(F)F)c4)nc23)N1. The Labute approximate surface area is 182 Å². The maximum Gasteiger partial charge on any atom is 0.573 e. The molecule has 1 aromatic carbocycles. The van der Waals surface area contributed by atoms with Gasteiger partial charge in [0, 0.05) is 23.9 Å². The number of nitrogens with zero attached hydrogens (tertiary/aromatic N) is 4. The van der Waals surface area contributed by atoms with E-state index in [-0.39, 0.29) is 42.1 Å². The maximum absolute atomic E-state index is 12.5. The largest absolute Gasteiger partial charge is 0.573 e. The van der Waals surface area contributed by atoms with Gasteiger partial charge in [0.05, 0.1) is 12.8 Å². The molecule has 0 bridgehead atoms. The normalized spacial score (nSPS) is 15.0. The summed E-state index contributed by atoms with van der Waals surface area (Å²) in [4.78, 5) is 31.7. The van der Waals surface area contributed by atoms with Crippen molar-refractivity contribution in [1.29, 1.82) is 0 Å². The molecule has 12 nitrogen and oxygen atoms in total. The van der Waals surface area contributed by atoms with Gasteiger partial charge in [-0.05, 0) is 18.2 Å². The minimum Gasteiger partial charge on any atom is -0.406 e. The molecule has 1 aliphatic rings. The summed E-state index contributed by atoms with van der Waals surface area (Å²) in [7, 11) is 0. The zero-order chi connectivity index (χ0) is 23.6. The topological polar surface area (TPSA) is 155 Å². The highest BCUT2D eigenvalue weighted by Gasteiger charge is 2.31. The third-order valence-electron chi connectivity index (χ3n) is 4.13. The van der Waals surface area contributed by atoms with E-state index in [2.05, 4.69) is 41.1 Å². The molecule has 0 saturated carbocycles. The second-order valence-corrected chi connectivity index (χ2v) is 6.52. The van der Waals surface area contributed by atoms with Crippen LogP contribution in [-0.4, -0.2) is 56.1 Å². The van der Waals surface area contributed by atoms with E-state index in [1.165, 1.54) is 28.9 Å². The molecule has 0 radical (unpaired) electrons. The summed E-state index contributed by atoms with van der Waals surface area (Å²) < 4.78 is 42.7. The number of alkyl halides is 3. The fourth-order valence-corrected chi connectivity index (χ4v) is 2.87. The number of nitrogens with one attached hydrogen (secondary N) is 4. The maximum atomic E-state index is 12.5. The van der Waals surface area contributed by atoms with Gasteiger partial charge in [-0.1, -0.05) is 6.07 Å². The highest BCUT2D eigenvalue weighted by Crippen LogP contribution is 2.27. The van der Waals surface area contributed by atoms with Crippen molar-refractivity contribution in [2.24, 2.45) is 0 Å². The number of aliphatic hydroxyl groups excluding tert-OH is 1. The number of benzene rings is 1. The van der Waals surface area contributed by atoms with Crippen LogP contribution in [0.3, 0.4) is 0 Å². The lowest BCUT2D eigenvalue weighted by Gasteiger charge is -2.12. The lowest BCUT2D eigenvalue weighted by molar-refractivity contribution is -0.274. The second-order valence-electron chi connectivity index (χ2n) is 6.52. The summed E-state index contributed by atoms with van der Waals surface area (Å²) in [6, 6.07) is 4.41. The van der Waals surface area contributed by atoms with Gasteiger partial charge in [0.25, 0.3) is 5.91 Å². The first-order valence-corrected chi connectivity index (χ1v) is 9.29. The van der Waals surface area contributed by atoms with Crippen LogP contribution in [0.15, 0.2) is 36.2 Å². The van der Waals surface area contributed by atoms with Crippen LogP contribution < -0.4 is 26.0 Å². The van der Waals surface area contributed by atoms with E-state index >= 15 is 0 Å². The van der Waals surface area contributed by atoms with Crippen LogP contribution in [0.5, 0.6) is 5.75 Å². The summed E-state index contributed by atoms with van der Waals surface area (Å²) in [6.07, 6.45) is -2.12. The molecule has 3 amide bonds. The molecule has 0 atom stereocenters. The smallest absolute Gasteiger partial charge is 0.406 e. The quantitative estimate of drug-likeness (QED) is 0.257. The van der Waals surface area contributed by atoms with E-state index < -0.39 is 24.1 Å². The first-order chi connectivity index (χ1) is 15.7. The van der Waals surface area contributed by atoms with Gasteiger partial charge < -0.3 is 25.8 Å². The summed E-state index contributed by atoms with van der Waals surface area (Å²) in [5.41, 5.74) is 0.729. The highest BCUT2D eigenvalue weighted by molar-refractivity contribution is 6.14. The van der Waals surface area contributed by atoms with Crippen molar-refractivity contribution in [2.75, 3.05) is 23.8 Å². The van der Waals surface area contributed by atoms with Crippen molar-refractivity contribution in [3.05, 3.63) is 41.7 Å². The molecule has 4 rings (SSSR count). The van der Waals surface area contributed by atoms with E-state index in [0.29, 0.717) is 5.56 Å². The molecule has 1 aliphatic heterocycles. The number of aromatic nitrogens is 4. The molecule has 2 aromatic heterocycles. The van der Waals surface area contributed by atoms with Gasteiger partial charge in [-0.25, -0.2) is 4.79 Å². The van der Waals surface area contributed by atoms with Crippen LogP contribution in [0.2, 0.25) is 0 Å². The van der Waals surface area contributed by atoms with Gasteiger partial charge in [-0.2, -0.15) is 19.6 Å². The Morgan fingerprint density at radius 1 is 1.21 bits per heavy atom. The Kier molecular flexibility index (Phi) is 5.70. The summed E-state index contributed by atoms with van der Waals surface area (Å²) in [5.74, 6) is -0.937. The summed E-state index contributed by atoms with van der Waals surface area (Å²) in [6.45, 7) is -0.0926. The number of anilines is 3. The Morgan fingerprint density at radius 3 is 2.73 bits per heavy atom. The number of imide groups is 1. The second kappa shape index (κ2) is 8.62. The molecule has 172 valence electrons. The first-order valence-electron chi connectivity index (χ1n) is 9.29. The van der Waals surface area contributed by atoms with Gasteiger partial charge in [0.15, 0.2) is 5.65 Å². The lowest BCUT2D eigenvalue weighted by Crippen LogP contribution is -2.22. The Hall–Kier alpha value is -4.40. The monoisotopic (exact) mass is 464 g/mol. The molecule has 1 saturated heterocycles. The molecular formula is C18H15F3N8O4. The first kappa shape index (κ1) is 21.8. The standard InChI is InChI=1S/C18H15F3N8O4/c19-18(20,21)33-11-3-1-2-10(7-11)24-15-26-13-9(6-12-14(31)27-17(32)25-12)8-23-29(13)16(28-15)22-4-5-30/h1-3,6-8,30H,4-5H2,(H2,22,24,26,28)(H2,25,27,31,32)/b12-6-. The number of fused-ring (bicyclic) bond motifs is 1. The van der Waals surface area contributed by atoms with Crippen molar-refractivity contribution in [3.63, 3.8) is 0 Å². The fourth-order valence-electron chi connectivity index (χ4n) is 2.87. The number of aliphatic hydroxyl groups is 1. The molecule has 0 aliphatic carbocycles. The molecule has 3 aromatic rings. The van der Waals surface area contributed by atoms with Gasteiger partial charge >= 0.3 is 12.4 Å². The average molecular weight is 464 g/mol. The van der Waals surface area contributed by atoms with E-state index in [4.69, 9.17) is 5.11 Å². The van der Waals surface area contributed by atoms with Crippen molar-refractivity contribution in [1.82, 2.24) is 30.2 Å². The zero-order valence-electron chi connectivity index (χ0n) is 16.5. The number of hydrogen-bond donors (Lipinski definition) is 5. The van der Waals surface area contributed by atoms with Gasteiger partial charge in [-0.3, -0.25) is 10.1 Å². The Balaban J connectivity index is 1.71. The van der Waals surface area contributed by atoms with Gasteiger partial charge in [-0.15, -0.1) is 13.2 Å². The molecule has 3 heterocycles. The number of amides is 3. The number of carbonyl (C=O) groups excluding carboxylic acids is 2. The number of halogens is 3. The third-order valence-corrected chi connectivity index (χ3v) is 4.13. The van der Waals surface area contributed by atoms with Gasteiger partial charge in [0.2, 0.25) is 11.9 Å². The van der Waals surface area contributed by atoms with E-state index in [0.717, 1.165) is 12.1 Å². The van der Waals surface area contributed by atoms with Crippen LogP contribution in [-0.2, 0) is 4.79 Å². The van der Waals surface area contributed by atoms with Crippen LogP contribution >= 0.6 is 0 Å². The van der Waals surface area contributed by atoms with Crippen LogP contribution in [0, 0.1) is 0 Å².